The Morgan fingerprint density at radius 2 is 1.87 bits per heavy atom. The maximum absolute atomic E-state index is 13.3. The number of hydrogen-bond acceptors (Lipinski definition) is 7. The van der Waals surface area contributed by atoms with Crippen LogP contribution in [0.5, 0.6) is 5.75 Å². The molecule has 1 aromatic carbocycles. The van der Waals surface area contributed by atoms with Crippen molar-refractivity contribution in [1.82, 2.24) is 19.0 Å². The van der Waals surface area contributed by atoms with Crippen molar-refractivity contribution < 1.29 is 22.7 Å². The van der Waals surface area contributed by atoms with E-state index in [1.807, 2.05) is 11.9 Å². The normalized spacial score (nSPS) is 21.3. The number of sulfonamides is 1. The summed E-state index contributed by atoms with van der Waals surface area (Å²) >= 11 is 0. The lowest BCUT2D eigenvalue weighted by molar-refractivity contribution is -0.138. The second-order valence-electron chi connectivity index (χ2n) is 11.1. The molecule has 1 amide bonds. The second-order valence-corrected chi connectivity index (χ2v) is 13.1. The summed E-state index contributed by atoms with van der Waals surface area (Å²) in [6, 6.07) is 4.68. The Morgan fingerprint density at radius 1 is 1.18 bits per heavy atom. The number of benzene rings is 1. The minimum Gasteiger partial charge on any atom is -0.497 e. The first-order valence-corrected chi connectivity index (χ1v) is 15.5. The van der Waals surface area contributed by atoms with E-state index in [1.165, 1.54) is 23.8 Å². The fraction of sp³-hybridized carbons (Fsp3) is 0.690. The Balaban J connectivity index is 1.47. The predicted octanol–water partition coefficient (Wildman–Crippen LogP) is 3.08. The summed E-state index contributed by atoms with van der Waals surface area (Å²) in [5, 5.41) is 0. The highest BCUT2D eigenvalue weighted by molar-refractivity contribution is 7.89. The van der Waals surface area contributed by atoms with E-state index in [0.29, 0.717) is 29.0 Å². The lowest BCUT2D eigenvalue weighted by Gasteiger charge is -2.44. The molecule has 0 unspecified atom stereocenters. The van der Waals surface area contributed by atoms with Gasteiger partial charge in [-0.25, -0.2) is 8.42 Å². The van der Waals surface area contributed by atoms with Crippen LogP contribution >= 0.6 is 0 Å². The Hall–Kier alpha value is -1.98. The third-order valence-electron chi connectivity index (χ3n) is 8.33. The highest BCUT2D eigenvalue weighted by atomic mass is 32.2. The van der Waals surface area contributed by atoms with Crippen LogP contribution < -0.4 is 4.74 Å². The van der Waals surface area contributed by atoms with Crippen molar-refractivity contribution in [3.8, 4) is 5.75 Å². The summed E-state index contributed by atoms with van der Waals surface area (Å²) in [6.45, 7) is 14.6. The minimum absolute atomic E-state index is 0.0575. The average Bonchev–Trinajstić information content (AvgIpc) is 2.93. The smallest absolute Gasteiger partial charge is 0.248 e. The molecule has 220 valence electrons. The van der Waals surface area contributed by atoms with Gasteiger partial charge in [0.1, 0.15) is 12.4 Å². The summed E-state index contributed by atoms with van der Waals surface area (Å²) in [6.07, 6.45) is 5.84. The largest absolute Gasteiger partial charge is 0.497 e. The van der Waals surface area contributed by atoms with E-state index in [-0.39, 0.29) is 36.6 Å². The van der Waals surface area contributed by atoms with E-state index < -0.39 is 10.0 Å². The van der Waals surface area contributed by atoms with Gasteiger partial charge < -0.3 is 14.4 Å². The number of nitrogens with zero attached hydrogens (tertiary/aromatic N) is 4. The fourth-order valence-electron chi connectivity index (χ4n) is 5.76. The number of rotatable bonds is 12. The van der Waals surface area contributed by atoms with Gasteiger partial charge in [-0.05, 0) is 69.7 Å². The van der Waals surface area contributed by atoms with Crippen LogP contribution in [-0.2, 0) is 19.6 Å². The van der Waals surface area contributed by atoms with Gasteiger partial charge in [0, 0.05) is 64.9 Å². The Bertz CT molecular complexity index is 1090. The molecule has 0 N–H and O–H groups in total. The highest BCUT2D eigenvalue weighted by Gasteiger charge is 2.32. The molecule has 0 aromatic heterocycles. The first kappa shape index (κ1) is 31.5. The van der Waals surface area contributed by atoms with Crippen molar-refractivity contribution in [3.63, 3.8) is 0 Å². The molecule has 10 heteroatoms. The van der Waals surface area contributed by atoms with E-state index in [4.69, 9.17) is 9.47 Å². The van der Waals surface area contributed by atoms with Gasteiger partial charge in [0.25, 0.3) is 0 Å². The first-order chi connectivity index (χ1) is 18.5. The van der Waals surface area contributed by atoms with Crippen molar-refractivity contribution in [2.24, 2.45) is 0 Å². The molecule has 2 fully saturated rings. The quantitative estimate of drug-likeness (QED) is 0.361. The third kappa shape index (κ3) is 7.82. The maximum Gasteiger partial charge on any atom is 0.248 e. The van der Waals surface area contributed by atoms with Gasteiger partial charge in [-0.3, -0.25) is 14.6 Å². The SMILES string of the molecule is C=Cc1cc(OC)cc(C)c1S(=O)(=O)N(C)CCOCC(=O)N(C)[C@@H]1CCC[C@@H](N2CCN(C(C)C)CC2)C1. The van der Waals surface area contributed by atoms with Crippen LogP contribution in [0.4, 0.5) is 0 Å². The Labute approximate surface area is 235 Å². The van der Waals surface area contributed by atoms with E-state index in [2.05, 4.69) is 30.2 Å². The van der Waals surface area contributed by atoms with Crippen LogP contribution in [0.2, 0.25) is 0 Å². The van der Waals surface area contributed by atoms with Gasteiger partial charge in [-0.1, -0.05) is 12.7 Å². The zero-order chi connectivity index (χ0) is 28.7. The van der Waals surface area contributed by atoms with Crippen LogP contribution in [0, 0.1) is 6.92 Å². The molecule has 2 atom stereocenters. The molecule has 0 bridgehead atoms. The zero-order valence-electron chi connectivity index (χ0n) is 24.7. The number of hydrogen-bond donors (Lipinski definition) is 0. The molecule has 1 saturated carbocycles. The highest BCUT2D eigenvalue weighted by Crippen LogP contribution is 2.29. The average molecular weight is 565 g/mol. The fourth-order valence-corrected chi connectivity index (χ4v) is 7.30. The molecule has 0 radical (unpaired) electrons. The van der Waals surface area contributed by atoms with Gasteiger partial charge in [-0.2, -0.15) is 4.31 Å². The topological polar surface area (TPSA) is 82.6 Å². The number of aryl methyl sites for hydroxylation is 1. The van der Waals surface area contributed by atoms with Crippen LogP contribution in [0.1, 0.15) is 50.7 Å². The van der Waals surface area contributed by atoms with Gasteiger partial charge in [-0.15, -0.1) is 0 Å². The number of piperazine rings is 1. The lowest BCUT2D eigenvalue weighted by Crippen LogP contribution is -2.54. The molecular weight excluding hydrogens is 516 g/mol. The van der Waals surface area contributed by atoms with Crippen LogP contribution in [0.3, 0.4) is 0 Å². The summed E-state index contributed by atoms with van der Waals surface area (Å²) in [5.41, 5.74) is 1.07. The molecule has 1 saturated heterocycles. The molecule has 9 nitrogen and oxygen atoms in total. The zero-order valence-corrected chi connectivity index (χ0v) is 25.5. The monoisotopic (exact) mass is 564 g/mol. The van der Waals surface area contributed by atoms with E-state index in [1.54, 1.807) is 26.2 Å². The third-order valence-corrected chi connectivity index (χ3v) is 10.4. The van der Waals surface area contributed by atoms with Gasteiger partial charge in [0.05, 0.1) is 18.6 Å². The van der Waals surface area contributed by atoms with Crippen LogP contribution in [0.15, 0.2) is 23.6 Å². The van der Waals surface area contributed by atoms with Crippen molar-refractivity contribution in [2.45, 2.75) is 69.5 Å². The summed E-state index contributed by atoms with van der Waals surface area (Å²) in [5.74, 6) is 0.517. The number of carbonyl (C=O) groups is 1. The number of likely N-dealkylation sites (N-methyl/N-ethyl adjacent to an activating group) is 2. The van der Waals surface area contributed by atoms with Gasteiger partial charge in [0.15, 0.2) is 0 Å². The number of ether oxygens (including phenoxy) is 2. The molecule has 0 spiro atoms. The predicted molar refractivity (Wildman–Crippen MR) is 156 cm³/mol. The van der Waals surface area contributed by atoms with Crippen molar-refractivity contribution in [2.75, 3.05) is 67.1 Å². The molecule has 1 heterocycles. The van der Waals surface area contributed by atoms with Crippen molar-refractivity contribution in [1.29, 1.82) is 0 Å². The number of carbonyl (C=O) groups excluding carboxylic acids is 1. The summed E-state index contributed by atoms with van der Waals surface area (Å²) in [4.78, 5) is 20.1. The van der Waals surface area contributed by atoms with Gasteiger partial charge >= 0.3 is 0 Å². The van der Waals surface area contributed by atoms with Gasteiger partial charge in [0.2, 0.25) is 15.9 Å². The standard InChI is InChI=1S/C29H48N4O5S/c1-8-24-19-27(37-7)18-23(4)29(24)39(35,36)30(5)16-17-38-21-28(34)31(6)25-10-9-11-26(20-25)33-14-12-32(13-15-33)22(2)3/h8,18-19,22,25-26H,1,9-17,20-21H2,2-7H3/t25-,26-/m1/s1. The van der Waals surface area contributed by atoms with E-state index in [9.17, 15) is 13.2 Å². The molecular formula is C29H48N4O5S. The summed E-state index contributed by atoms with van der Waals surface area (Å²) < 4.78 is 38.8. The minimum atomic E-state index is -3.77. The summed E-state index contributed by atoms with van der Waals surface area (Å²) in [7, 11) is 1.16. The number of methoxy groups -OCH3 is 1. The molecule has 1 aromatic rings. The maximum atomic E-state index is 13.3. The Kier molecular flexibility index (Phi) is 11.4. The van der Waals surface area contributed by atoms with E-state index in [0.717, 1.165) is 45.4 Å². The molecule has 1 aliphatic heterocycles. The lowest BCUT2D eigenvalue weighted by atomic mass is 9.88. The molecule has 39 heavy (non-hydrogen) atoms. The van der Waals surface area contributed by atoms with Crippen LogP contribution in [0.25, 0.3) is 6.08 Å². The number of amides is 1. The Morgan fingerprint density at radius 3 is 2.49 bits per heavy atom. The first-order valence-electron chi connectivity index (χ1n) is 14.1. The van der Waals surface area contributed by atoms with Crippen molar-refractivity contribution >= 4 is 22.0 Å². The molecule has 2 aliphatic rings. The molecule has 1 aliphatic carbocycles. The second kappa shape index (κ2) is 14.1. The molecule has 3 rings (SSSR count). The van der Waals surface area contributed by atoms with Crippen molar-refractivity contribution in [3.05, 3.63) is 29.8 Å². The van der Waals surface area contributed by atoms with Crippen LogP contribution in [-0.4, -0.2) is 119 Å². The van der Waals surface area contributed by atoms with E-state index >= 15 is 0 Å².